The standard InChI is InChI=1S/C32H38N4O3S.CH2O2/c1-32(2)18-25-28(31(36-12-14-39-15-13-36)40-29(25)27(37)19-32)22-8-10-33-26(17-22)21-6-5-7-23(16-21)30(38)35(4)24-9-11-34(3)20-24;2-1-3/h5-8,10,16-17,24H,9,11-15,18-20H2,1-4H3;1H,(H,2,3). The van der Waals surface area contributed by atoms with E-state index in [0.717, 1.165) is 76.8 Å². The summed E-state index contributed by atoms with van der Waals surface area (Å²) in [6, 6.07) is 12.2. The van der Waals surface area contributed by atoms with Gasteiger partial charge in [-0.1, -0.05) is 26.0 Å². The molecule has 1 N–H and O–H groups in total. The van der Waals surface area contributed by atoms with Crippen LogP contribution in [0.3, 0.4) is 0 Å². The second kappa shape index (κ2) is 13.0. The van der Waals surface area contributed by atoms with Crippen LogP contribution in [0.4, 0.5) is 5.00 Å². The molecule has 3 aromatic rings. The summed E-state index contributed by atoms with van der Waals surface area (Å²) < 4.78 is 5.64. The highest BCUT2D eigenvalue weighted by Gasteiger charge is 2.37. The Morgan fingerprint density at radius 2 is 1.88 bits per heavy atom. The van der Waals surface area contributed by atoms with Gasteiger partial charge in [0.05, 0.1) is 28.8 Å². The third-order valence-electron chi connectivity index (χ3n) is 8.52. The van der Waals surface area contributed by atoms with E-state index in [-0.39, 0.29) is 29.6 Å². The summed E-state index contributed by atoms with van der Waals surface area (Å²) in [7, 11) is 4.01. The number of amides is 1. The molecule has 4 heterocycles. The molecule has 0 spiro atoms. The minimum atomic E-state index is -0.250. The number of ketones is 1. The van der Waals surface area contributed by atoms with Crippen molar-refractivity contribution in [2.45, 2.75) is 39.2 Å². The number of hydrogen-bond acceptors (Lipinski definition) is 8. The number of thiophene rings is 1. The van der Waals surface area contributed by atoms with E-state index in [4.69, 9.17) is 19.6 Å². The molecule has 1 aromatic carbocycles. The smallest absolute Gasteiger partial charge is 0.290 e. The van der Waals surface area contributed by atoms with E-state index in [1.54, 1.807) is 11.3 Å². The van der Waals surface area contributed by atoms with E-state index < -0.39 is 0 Å². The van der Waals surface area contributed by atoms with E-state index >= 15 is 0 Å². The second-order valence-corrected chi connectivity index (χ2v) is 13.4. The average Bonchev–Trinajstić information content (AvgIpc) is 3.61. The molecule has 1 aliphatic carbocycles. The van der Waals surface area contributed by atoms with Crippen molar-refractivity contribution in [3.63, 3.8) is 0 Å². The van der Waals surface area contributed by atoms with Crippen LogP contribution in [0.2, 0.25) is 0 Å². The Morgan fingerprint density at radius 1 is 1.14 bits per heavy atom. The SMILES string of the molecule is CN1CCC(N(C)C(=O)c2cccc(-c3cc(-c4c(N5CCOCC5)sc5c4CC(C)(C)CC5=O)ccn3)c2)C1.O=CO. The fourth-order valence-corrected chi connectivity index (χ4v) is 7.67. The predicted molar refractivity (Wildman–Crippen MR) is 169 cm³/mol. The molecule has 0 saturated carbocycles. The number of pyridine rings is 1. The van der Waals surface area contributed by atoms with Crippen LogP contribution < -0.4 is 4.90 Å². The Morgan fingerprint density at radius 3 is 2.58 bits per heavy atom. The van der Waals surface area contributed by atoms with Crippen LogP contribution in [0.1, 0.15) is 52.3 Å². The van der Waals surface area contributed by atoms with Crippen LogP contribution >= 0.6 is 11.3 Å². The molecular weight excluding hydrogens is 564 g/mol. The van der Waals surface area contributed by atoms with Crippen molar-refractivity contribution in [1.29, 1.82) is 0 Å². The molecule has 2 aliphatic heterocycles. The van der Waals surface area contributed by atoms with Gasteiger partial charge in [-0.05, 0) is 67.2 Å². The van der Waals surface area contributed by atoms with Crippen LogP contribution in [-0.2, 0) is 16.0 Å². The van der Waals surface area contributed by atoms with E-state index in [0.29, 0.717) is 25.2 Å². The van der Waals surface area contributed by atoms with E-state index in [2.05, 4.69) is 42.8 Å². The molecular formula is C33H40N4O5S. The minimum Gasteiger partial charge on any atom is -0.483 e. The summed E-state index contributed by atoms with van der Waals surface area (Å²) in [5, 5.41) is 8.04. The van der Waals surface area contributed by atoms with Crippen molar-refractivity contribution in [1.82, 2.24) is 14.8 Å². The molecule has 2 fully saturated rings. The molecule has 43 heavy (non-hydrogen) atoms. The molecule has 9 nitrogen and oxygen atoms in total. The first-order chi connectivity index (χ1) is 20.6. The van der Waals surface area contributed by atoms with Gasteiger partial charge in [-0.3, -0.25) is 19.4 Å². The van der Waals surface area contributed by atoms with Gasteiger partial charge in [0.25, 0.3) is 12.4 Å². The number of fused-ring (bicyclic) bond motifs is 1. The van der Waals surface area contributed by atoms with Gasteiger partial charge in [0.15, 0.2) is 5.78 Å². The summed E-state index contributed by atoms with van der Waals surface area (Å²) in [6.45, 7) is 9.05. The van der Waals surface area contributed by atoms with Gasteiger partial charge in [-0.15, -0.1) is 11.3 Å². The minimum absolute atomic E-state index is 0.0422. The molecule has 10 heteroatoms. The van der Waals surface area contributed by atoms with Crippen molar-refractivity contribution in [2.24, 2.45) is 5.41 Å². The molecule has 0 radical (unpaired) electrons. The van der Waals surface area contributed by atoms with Gasteiger partial charge in [0.1, 0.15) is 0 Å². The number of anilines is 1. The van der Waals surface area contributed by atoms with Crippen molar-refractivity contribution in [3.05, 3.63) is 58.6 Å². The van der Waals surface area contributed by atoms with Crippen molar-refractivity contribution in [3.8, 4) is 22.4 Å². The number of hydrogen-bond donors (Lipinski definition) is 1. The van der Waals surface area contributed by atoms with Gasteiger partial charge in [0, 0.05) is 62.0 Å². The van der Waals surface area contributed by atoms with E-state index in [9.17, 15) is 9.59 Å². The topological polar surface area (TPSA) is 103 Å². The number of carboxylic acid groups (broad SMARTS) is 1. The van der Waals surface area contributed by atoms with Crippen LogP contribution in [0, 0.1) is 5.41 Å². The van der Waals surface area contributed by atoms with Gasteiger partial charge >= 0.3 is 0 Å². The quantitative estimate of drug-likeness (QED) is 0.409. The van der Waals surface area contributed by atoms with Crippen molar-refractivity contribution >= 4 is 34.5 Å². The van der Waals surface area contributed by atoms with Crippen LogP contribution in [-0.4, -0.2) is 97.6 Å². The molecule has 0 bridgehead atoms. The number of carbonyl (C=O) groups is 3. The predicted octanol–water partition coefficient (Wildman–Crippen LogP) is 4.95. The Bertz CT molecular complexity index is 1500. The lowest BCUT2D eigenvalue weighted by Gasteiger charge is -2.30. The lowest BCUT2D eigenvalue weighted by molar-refractivity contribution is -0.122. The fraction of sp³-hybridized carbons (Fsp3) is 0.455. The van der Waals surface area contributed by atoms with Crippen LogP contribution in [0.25, 0.3) is 22.4 Å². The summed E-state index contributed by atoms with van der Waals surface area (Å²) >= 11 is 1.64. The maximum atomic E-state index is 13.4. The third-order valence-corrected chi connectivity index (χ3v) is 9.86. The third kappa shape index (κ3) is 6.66. The second-order valence-electron chi connectivity index (χ2n) is 12.4. The van der Waals surface area contributed by atoms with Gasteiger partial charge < -0.3 is 24.5 Å². The Hall–Kier alpha value is -3.60. The molecule has 1 amide bonds. The number of ether oxygens (including phenoxy) is 1. The zero-order chi connectivity index (χ0) is 30.7. The first-order valence-electron chi connectivity index (χ1n) is 14.7. The Labute approximate surface area is 257 Å². The number of morpholine rings is 1. The highest BCUT2D eigenvalue weighted by Crippen LogP contribution is 2.49. The first-order valence-corrected chi connectivity index (χ1v) is 15.6. The number of rotatable bonds is 5. The molecule has 2 aromatic heterocycles. The number of benzene rings is 1. The van der Waals surface area contributed by atoms with Gasteiger partial charge in [0.2, 0.25) is 0 Å². The largest absolute Gasteiger partial charge is 0.483 e. The summed E-state index contributed by atoms with van der Waals surface area (Å²) in [4.78, 5) is 47.2. The van der Waals surface area contributed by atoms with Crippen LogP contribution in [0.15, 0.2) is 42.6 Å². The molecule has 3 aliphatic rings. The number of likely N-dealkylation sites (N-methyl/N-ethyl adjacent to an activating group) is 2. The zero-order valence-corrected chi connectivity index (χ0v) is 26.2. The summed E-state index contributed by atoms with van der Waals surface area (Å²) in [5.74, 6) is 0.288. The Balaban J connectivity index is 0.00000118. The van der Waals surface area contributed by atoms with Gasteiger partial charge in [-0.2, -0.15) is 0 Å². The highest BCUT2D eigenvalue weighted by atomic mass is 32.1. The highest BCUT2D eigenvalue weighted by molar-refractivity contribution is 7.19. The maximum Gasteiger partial charge on any atom is 0.290 e. The first kappa shape index (κ1) is 30.8. The lowest BCUT2D eigenvalue weighted by atomic mass is 9.75. The van der Waals surface area contributed by atoms with E-state index in [1.807, 2.05) is 42.4 Å². The normalized spacial score (nSPS) is 19.8. The Kier molecular flexibility index (Phi) is 9.29. The van der Waals surface area contributed by atoms with Gasteiger partial charge in [-0.25, -0.2) is 0 Å². The maximum absolute atomic E-state index is 13.4. The monoisotopic (exact) mass is 604 g/mol. The van der Waals surface area contributed by atoms with Crippen LogP contribution in [0.5, 0.6) is 0 Å². The molecule has 1 unspecified atom stereocenters. The number of likely N-dealkylation sites (tertiary alicyclic amines) is 1. The molecule has 1 atom stereocenters. The van der Waals surface area contributed by atoms with E-state index in [1.165, 1.54) is 0 Å². The number of nitrogens with zero attached hydrogens (tertiary/aromatic N) is 4. The average molecular weight is 605 g/mol. The fourth-order valence-electron chi connectivity index (χ4n) is 6.34. The molecule has 2 saturated heterocycles. The molecule has 228 valence electrons. The zero-order valence-electron chi connectivity index (χ0n) is 25.3. The lowest BCUT2D eigenvalue weighted by Crippen LogP contribution is -2.38. The van der Waals surface area contributed by atoms with Crippen molar-refractivity contribution in [2.75, 3.05) is 58.4 Å². The number of carbonyl (C=O) groups excluding carboxylic acids is 2. The number of Topliss-reactive ketones (excluding diaryl/α,β-unsaturated/α-hetero) is 1. The number of aromatic nitrogens is 1. The van der Waals surface area contributed by atoms with Crippen molar-refractivity contribution < 1.29 is 24.2 Å². The summed E-state index contributed by atoms with van der Waals surface area (Å²) in [6.07, 6.45) is 4.30. The molecule has 6 rings (SSSR count). The summed E-state index contributed by atoms with van der Waals surface area (Å²) in [5.41, 5.74) is 5.73.